The molecule has 0 spiro atoms. The molecule has 0 saturated carbocycles. The SMILES string of the molecule is O=C(N[C@@H](C(=O)O)c1ccc2c(c1)CCO2)C1CC=CC1. The van der Waals surface area contributed by atoms with Crippen LogP contribution >= 0.6 is 0 Å². The Balaban J connectivity index is 1.78. The van der Waals surface area contributed by atoms with Gasteiger partial charge in [-0.1, -0.05) is 18.2 Å². The van der Waals surface area contributed by atoms with Crippen LogP contribution in [0.4, 0.5) is 0 Å². The Hall–Kier alpha value is -2.30. The van der Waals surface area contributed by atoms with Crippen LogP contribution < -0.4 is 10.1 Å². The molecule has 0 radical (unpaired) electrons. The standard InChI is InChI=1S/C16H17NO4/c18-15(10-3-1-2-4-10)17-14(16(19)20)12-5-6-13-11(9-12)7-8-21-13/h1-2,5-6,9-10,14H,3-4,7-8H2,(H,17,18)(H,19,20)/t14-/m1/s1. The van der Waals surface area contributed by atoms with E-state index in [4.69, 9.17) is 4.74 Å². The molecule has 0 saturated heterocycles. The number of carboxylic acids is 1. The second-order valence-corrected chi connectivity index (χ2v) is 5.39. The lowest BCUT2D eigenvalue weighted by atomic mass is 10.0. The van der Waals surface area contributed by atoms with Gasteiger partial charge < -0.3 is 15.2 Å². The Kier molecular flexibility index (Phi) is 3.64. The first-order valence-electron chi connectivity index (χ1n) is 7.09. The first kappa shape index (κ1) is 13.7. The molecule has 1 heterocycles. The van der Waals surface area contributed by atoms with Crippen molar-refractivity contribution in [2.45, 2.75) is 25.3 Å². The third-order valence-corrected chi connectivity index (χ3v) is 3.96. The van der Waals surface area contributed by atoms with Gasteiger partial charge in [-0.15, -0.1) is 0 Å². The second kappa shape index (κ2) is 5.60. The minimum Gasteiger partial charge on any atom is -0.493 e. The number of aliphatic carboxylic acids is 1. The van der Waals surface area contributed by atoms with Crippen molar-refractivity contribution >= 4 is 11.9 Å². The van der Waals surface area contributed by atoms with E-state index in [0.717, 1.165) is 17.7 Å². The van der Waals surface area contributed by atoms with Gasteiger partial charge in [-0.05, 0) is 36.1 Å². The Labute approximate surface area is 122 Å². The Morgan fingerprint density at radius 3 is 2.76 bits per heavy atom. The molecule has 1 aromatic carbocycles. The zero-order valence-electron chi connectivity index (χ0n) is 11.5. The van der Waals surface area contributed by atoms with Crippen LogP contribution in [-0.2, 0) is 16.0 Å². The number of rotatable bonds is 4. The highest BCUT2D eigenvalue weighted by Crippen LogP contribution is 2.29. The maximum atomic E-state index is 12.1. The summed E-state index contributed by atoms with van der Waals surface area (Å²) in [5.74, 6) is -0.601. The first-order valence-corrected chi connectivity index (χ1v) is 7.09. The molecule has 1 aromatic rings. The topological polar surface area (TPSA) is 75.6 Å². The van der Waals surface area contributed by atoms with Gasteiger partial charge in [0.15, 0.2) is 6.04 Å². The number of fused-ring (bicyclic) bond motifs is 1. The molecule has 0 unspecified atom stereocenters. The lowest BCUT2D eigenvalue weighted by molar-refractivity contribution is -0.142. The van der Waals surface area contributed by atoms with E-state index in [2.05, 4.69) is 5.32 Å². The number of hydrogen-bond acceptors (Lipinski definition) is 3. The molecule has 5 nitrogen and oxygen atoms in total. The van der Waals surface area contributed by atoms with Crippen molar-refractivity contribution in [3.05, 3.63) is 41.5 Å². The number of hydrogen-bond donors (Lipinski definition) is 2. The summed E-state index contributed by atoms with van der Waals surface area (Å²) in [7, 11) is 0. The Morgan fingerprint density at radius 2 is 2.05 bits per heavy atom. The molecule has 1 atom stereocenters. The van der Waals surface area contributed by atoms with Crippen molar-refractivity contribution in [3.8, 4) is 5.75 Å². The van der Waals surface area contributed by atoms with Gasteiger partial charge in [0.1, 0.15) is 5.75 Å². The molecule has 5 heteroatoms. The van der Waals surface area contributed by atoms with Crippen molar-refractivity contribution in [2.24, 2.45) is 5.92 Å². The Bertz CT molecular complexity index is 600. The molecule has 0 bridgehead atoms. The first-order chi connectivity index (χ1) is 10.1. The Morgan fingerprint density at radius 1 is 1.29 bits per heavy atom. The van der Waals surface area contributed by atoms with Crippen LogP contribution in [0.1, 0.15) is 30.0 Å². The monoisotopic (exact) mass is 287 g/mol. The molecule has 3 rings (SSSR count). The number of ether oxygens (including phenoxy) is 1. The number of amides is 1. The molecular weight excluding hydrogens is 270 g/mol. The summed E-state index contributed by atoms with van der Waals surface area (Å²) in [5, 5.41) is 12.1. The zero-order chi connectivity index (χ0) is 14.8. The largest absolute Gasteiger partial charge is 0.493 e. The third kappa shape index (κ3) is 2.77. The van der Waals surface area contributed by atoms with Crippen LogP contribution in [-0.4, -0.2) is 23.6 Å². The smallest absolute Gasteiger partial charge is 0.330 e. The highest BCUT2D eigenvalue weighted by Gasteiger charge is 2.27. The highest BCUT2D eigenvalue weighted by molar-refractivity contribution is 5.86. The number of nitrogens with one attached hydrogen (secondary N) is 1. The fraction of sp³-hybridized carbons (Fsp3) is 0.375. The second-order valence-electron chi connectivity index (χ2n) is 5.39. The third-order valence-electron chi connectivity index (χ3n) is 3.96. The van der Waals surface area contributed by atoms with E-state index >= 15 is 0 Å². The maximum absolute atomic E-state index is 12.1. The van der Waals surface area contributed by atoms with Crippen molar-refractivity contribution in [1.82, 2.24) is 5.32 Å². The number of allylic oxidation sites excluding steroid dienone is 2. The van der Waals surface area contributed by atoms with Gasteiger partial charge in [0.25, 0.3) is 0 Å². The number of carbonyl (C=O) groups excluding carboxylic acids is 1. The van der Waals surface area contributed by atoms with E-state index in [9.17, 15) is 14.7 Å². The highest BCUT2D eigenvalue weighted by atomic mass is 16.5. The van der Waals surface area contributed by atoms with Crippen molar-refractivity contribution < 1.29 is 19.4 Å². The van der Waals surface area contributed by atoms with Crippen LogP contribution in [0.5, 0.6) is 5.75 Å². The van der Waals surface area contributed by atoms with E-state index < -0.39 is 12.0 Å². The van der Waals surface area contributed by atoms with Crippen LogP contribution in [0.3, 0.4) is 0 Å². The lowest BCUT2D eigenvalue weighted by Crippen LogP contribution is -2.37. The normalized spacial score (nSPS) is 18.1. The lowest BCUT2D eigenvalue weighted by Gasteiger charge is -2.18. The average molecular weight is 287 g/mol. The van der Waals surface area contributed by atoms with E-state index in [1.165, 1.54) is 0 Å². The summed E-state index contributed by atoms with van der Waals surface area (Å²) in [6.07, 6.45) is 6.03. The summed E-state index contributed by atoms with van der Waals surface area (Å²) in [5.41, 5.74) is 1.58. The number of carbonyl (C=O) groups is 2. The van der Waals surface area contributed by atoms with Crippen molar-refractivity contribution in [2.75, 3.05) is 6.61 Å². The maximum Gasteiger partial charge on any atom is 0.330 e. The van der Waals surface area contributed by atoms with Crippen molar-refractivity contribution in [1.29, 1.82) is 0 Å². The van der Waals surface area contributed by atoms with Crippen molar-refractivity contribution in [3.63, 3.8) is 0 Å². The van der Waals surface area contributed by atoms with E-state index in [1.54, 1.807) is 12.1 Å². The molecule has 1 amide bonds. The van der Waals surface area contributed by atoms with Gasteiger partial charge in [-0.3, -0.25) is 4.79 Å². The van der Waals surface area contributed by atoms with Gasteiger partial charge in [0, 0.05) is 12.3 Å². The van der Waals surface area contributed by atoms with Crippen LogP contribution in [0, 0.1) is 5.92 Å². The minimum atomic E-state index is -1.05. The minimum absolute atomic E-state index is 0.149. The molecule has 2 aliphatic rings. The fourth-order valence-corrected chi connectivity index (χ4v) is 2.77. The van der Waals surface area contributed by atoms with Gasteiger partial charge in [-0.25, -0.2) is 4.79 Å². The van der Waals surface area contributed by atoms with Gasteiger partial charge >= 0.3 is 5.97 Å². The van der Waals surface area contributed by atoms with Crippen LogP contribution in [0.15, 0.2) is 30.4 Å². The van der Waals surface area contributed by atoms with Gasteiger partial charge in [0.2, 0.25) is 5.91 Å². The molecule has 0 fully saturated rings. The molecule has 1 aliphatic carbocycles. The average Bonchev–Trinajstić information content (AvgIpc) is 3.13. The summed E-state index contributed by atoms with van der Waals surface area (Å²) in [6, 6.07) is 4.28. The quantitative estimate of drug-likeness (QED) is 0.828. The summed E-state index contributed by atoms with van der Waals surface area (Å²) < 4.78 is 5.41. The molecule has 0 aromatic heterocycles. The molecule has 110 valence electrons. The molecule has 1 aliphatic heterocycles. The van der Waals surface area contributed by atoms with E-state index in [1.807, 2.05) is 18.2 Å². The molecule has 21 heavy (non-hydrogen) atoms. The van der Waals surface area contributed by atoms with Crippen LogP contribution in [0.25, 0.3) is 0 Å². The molecule has 2 N–H and O–H groups in total. The van der Waals surface area contributed by atoms with Gasteiger partial charge in [0.05, 0.1) is 6.61 Å². The predicted octanol–water partition coefficient (Wildman–Crippen LogP) is 1.83. The van der Waals surface area contributed by atoms with Crippen LogP contribution in [0.2, 0.25) is 0 Å². The summed E-state index contributed by atoms with van der Waals surface area (Å²) in [4.78, 5) is 23.6. The number of carboxylic acid groups (broad SMARTS) is 1. The zero-order valence-corrected chi connectivity index (χ0v) is 11.5. The summed E-state index contributed by atoms with van der Waals surface area (Å²) in [6.45, 7) is 0.622. The summed E-state index contributed by atoms with van der Waals surface area (Å²) >= 11 is 0. The predicted molar refractivity (Wildman–Crippen MR) is 76.0 cm³/mol. The number of benzene rings is 1. The van der Waals surface area contributed by atoms with E-state index in [0.29, 0.717) is 25.0 Å². The van der Waals surface area contributed by atoms with Gasteiger partial charge in [-0.2, -0.15) is 0 Å². The molecular formula is C16H17NO4. The van der Waals surface area contributed by atoms with E-state index in [-0.39, 0.29) is 11.8 Å². The fourth-order valence-electron chi connectivity index (χ4n) is 2.77.